The first-order valence-electron chi connectivity index (χ1n) is 10.6. The quantitative estimate of drug-likeness (QED) is 0.679. The molecule has 2 saturated heterocycles. The first kappa shape index (κ1) is 20.7. The number of benzene rings is 1. The van der Waals surface area contributed by atoms with Gasteiger partial charge in [-0.3, -0.25) is 14.2 Å². The van der Waals surface area contributed by atoms with E-state index < -0.39 is 0 Å². The minimum Gasteiger partial charge on any atom is -0.341 e. The summed E-state index contributed by atoms with van der Waals surface area (Å²) in [6.07, 6.45) is 3.58. The Morgan fingerprint density at radius 1 is 0.900 bits per heavy atom. The van der Waals surface area contributed by atoms with Crippen molar-refractivity contribution in [1.29, 1.82) is 0 Å². The number of nitrogens with zero attached hydrogens (tertiary/aromatic N) is 6. The number of carbonyl (C=O) groups is 2. The summed E-state index contributed by atoms with van der Waals surface area (Å²) >= 11 is 1.43. The number of piperidine rings is 1. The van der Waals surface area contributed by atoms with E-state index in [9.17, 15) is 9.59 Å². The van der Waals surface area contributed by atoms with Crippen molar-refractivity contribution in [1.82, 2.24) is 24.6 Å². The molecule has 4 rings (SSSR count). The zero-order valence-electron chi connectivity index (χ0n) is 17.4. The minimum absolute atomic E-state index is 0.0673. The standard InChI is InChI=1S/C21H28N6O2S/c1-17(28)24-12-14-25(15-13-24)19(29)16-30-21-23-22-20(26-10-6-3-7-11-26)27(21)18-8-4-2-5-9-18/h2,4-5,8-9H,3,6-7,10-16H2,1H3. The molecule has 2 fully saturated rings. The van der Waals surface area contributed by atoms with Gasteiger partial charge in [-0.1, -0.05) is 30.0 Å². The van der Waals surface area contributed by atoms with E-state index in [0.29, 0.717) is 31.9 Å². The summed E-state index contributed by atoms with van der Waals surface area (Å²) in [5, 5.41) is 9.65. The normalized spacial score (nSPS) is 17.3. The van der Waals surface area contributed by atoms with E-state index in [4.69, 9.17) is 0 Å². The van der Waals surface area contributed by atoms with Gasteiger partial charge in [0.15, 0.2) is 5.16 Å². The number of piperazine rings is 1. The van der Waals surface area contributed by atoms with Gasteiger partial charge in [0, 0.05) is 46.2 Å². The summed E-state index contributed by atoms with van der Waals surface area (Å²) in [5.41, 5.74) is 1.01. The fraction of sp³-hybridized carbons (Fsp3) is 0.524. The summed E-state index contributed by atoms with van der Waals surface area (Å²) in [7, 11) is 0. The minimum atomic E-state index is 0.0673. The van der Waals surface area contributed by atoms with Crippen LogP contribution in [0.4, 0.5) is 5.95 Å². The number of hydrogen-bond donors (Lipinski definition) is 0. The van der Waals surface area contributed by atoms with Crippen LogP contribution in [0.3, 0.4) is 0 Å². The summed E-state index contributed by atoms with van der Waals surface area (Å²) in [4.78, 5) is 30.1. The molecule has 2 aliphatic heterocycles. The maximum absolute atomic E-state index is 12.7. The summed E-state index contributed by atoms with van der Waals surface area (Å²) in [5.74, 6) is 1.30. The van der Waals surface area contributed by atoms with Crippen molar-refractivity contribution in [3.05, 3.63) is 30.3 Å². The van der Waals surface area contributed by atoms with Gasteiger partial charge < -0.3 is 14.7 Å². The van der Waals surface area contributed by atoms with Crippen LogP contribution in [0.2, 0.25) is 0 Å². The van der Waals surface area contributed by atoms with E-state index in [2.05, 4.69) is 19.7 Å². The van der Waals surface area contributed by atoms with Crippen LogP contribution in [-0.4, -0.2) is 81.4 Å². The highest BCUT2D eigenvalue weighted by Crippen LogP contribution is 2.28. The Morgan fingerprint density at radius 2 is 1.57 bits per heavy atom. The Balaban J connectivity index is 1.47. The molecule has 0 unspecified atom stereocenters. The number of amides is 2. The van der Waals surface area contributed by atoms with Crippen LogP contribution in [0.5, 0.6) is 0 Å². The summed E-state index contributed by atoms with van der Waals surface area (Å²) in [6.45, 7) is 5.91. The zero-order chi connectivity index (χ0) is 20.9. The molecule has 2 aromatic rings. The molecule has 0 aliphatic carbocycles. The predicted octanol–water partition coefficient (Wildman–Crippen LogP) is 2.04. The highest BCUT2D eigenvalue weighted by atomic mass is 32.2. The lowest BCUT2D eigenvalue weighted by molar-refractivity contribution is -0.136. The van der Waals surface area contributed by atoms with Crippen LogP contribution < -0.4 is 4.90 Å². The van der Waals surface area contributed by atoms with E-state index in [0.717, 1.165) is 42.7 Å². The third kappa shape index (κ3) is 4.61. The SMILES string of the molecule is CC(=O)N1CCN(C(=O)CSc2nnc(N3CCCCC3)n2-c2ccccc2)CC1. The van der Waals surface area contributed by atoms with E-state index in [1.54, 1.807) is 11.8 Å². The number of thioether (sulfide) groups is 1. The Hall–Kier alpha value is -2.55. The topological polar surface area (TPSA) is 74.6 Å². The molecular weight excluding hydrogens is 400 g/mol. The van der Waals surface area contributed by atoms with E-state index >= 15 is 0 Å². The van der Waals surface area contributed by atoms with E-state index in [1.807, 2.05) is 35.2 Å². The Labute approximate surface area is 181 Å². The first-order chi connectivity index (χ1) is 14.6. The van der Waals surface area contributed by atoms with Crippen molar-refractivity contribution < 1.29 is 9.59 Å². The molecule has 3 heterocycles. The molecule has 1 aromatic heterocycles. The van der Waals surface area contributed by atoms with Gasteiger partial charge in [-0.05, 0) is 31.4 Å². The Kier molecular flexibility index (Phi) is 6.56. The second-order valence-corrected chi connectivity index (χ2v) is 8.62. The predicted molar refractivity (Wildman–Crippen MR) is 117 cm³/mol. The molecule has 30 heavy (non-hydrogen) atoms. The number of hydrogen-bond acceptors (Lipinski definition) is 6. The highest BCUT2D eigenvalue weighted by molar-refractivity contribution is 7.99. The third-order valence-corrected chi connectivity index (χ3v) is 6.59. The molecule has 0 saturated carbocycles. The monoisotopic (exact) mass is 428 g/mol. The lowest BCUT2D eigenvalue weighted by atomic mass is 10.1. The van der Waals surface area contributed by atoms with Gasteiger partial charge in [-0.15, -0.1) is 10.2 Å². The number of anilines is 1. The van der Waals surface area contributed by atoms with Crippen LogP contribution in [-0.2, 0) is 9.59 Å². The Morgan fingerprint density at radius 3 is 2.23 bits per heavy atom. The molecule has 0 radical (unpaired) electrons. The average Bonchev–Trinajstić information content (AvgIpc) is 3.22. The van der Waals surface area contributed by atoms with Gasteiger partial charge in [-0.2, -0.15) is 0 Å². The maximum Gasteiger partial charge on any atom is 0.233 e. The van der Waals surface area contributed by atoms with Crippen molar-refractivity contribution in [3.63, 3.8) is 0 Å². The van der Waals surface area contributed by atoms with E-state index in [1.165, 1.54) is 18.2 Å². The zero-order valence-corrected chi connectivity index (χ0v) is 18.2. The molecular formula is C21H28N6O2S. The van der Waals surface area contributed by atoms with Crippen molar-refractivity contribution in [2.75, 3.05) is 49.9 Å². The lowest BCUT2D eigenvalue weighted by Gasteiger charge is -2.34. The van der Waals surface area contributed by atoms with Crippen LogP contribution >= 0.6 is 11.8 Å². The molecule has 0 N–H and O–H groups in total. The summed E-state index contributed by atoms with van der Waals surface area (Å²) < 4.78 is 2.07. The molecule has 0 atom stereocenters. The third-order valence-electron chi connectivity index (χ3n) is 5.67. The fourth-order valence-corrected chi connectivity index (χ4v) is 4.80. The van der Waals surface area contributed by atoms with Crippen LogP contribution in [0.1, 0.15) is 26.2 Å². The van der Waals surface area contributed by atoms with E-state index in [-0.39, 0.29) is 11.8 Å². The number of carbonyl (C=O) groups excluding carboxylic acids is 2. The largest absolute Gasteiger partial charge is 0.341 e. The maximum atomic E-state index is 12.7. The lowest BCUT2D eigenvalue weighted by Crippen LogP contribution is -2.50. The number of rotatable bonds is 5. The molecule has 0 spiro atoms. The smallest absolute Gasteiger partial charge is 0.233 e. The number of aromatic nitrogens is 3. The van der Waals surface area contributed by atoms with Gasteiger partial charge in [-0.25, -0.2) is 0 Å². The van der Waals surface area contributed by atoms with Gasteiger partial charge in [0.05, 0.1) is 11.4 Å². The fourth-order valence-electron chi connectivity index (χ4n) is 3.95. The van der Waals surface area contributed by atoms with Gasteiger partial charge in [0.1, 0.15) is 0 Å². The van der Waals surface area contributed by atoms with Gasteiger partial charge in [0.25, 0.3) is 0 Å². The molecule has 8 nitrogen and oxygen atoms in total. The molecule has 9 heteroatoms. The second kappa shape index (κ2) is 9.51. The molecule has 160 valence electrons. The van der Waals surface area contributed by atoms with Crippen LogP contribution in [0, 0.1) is 0 Å². The average molecular weight is 429 g/mol. The molecule has 2 aliphatic rings. The highest BCUT2D eigenvalue weighted by Gasteiger charge is 2.25. The first-order valence-corrected chi connectivity index (χ1v) is 11.5. The molecule has 1 aromatic carbocycles. The molecule has 2 amide bonds. The van der Waals surface area contributed by atoms with Crippen LogP contribution in [0.15, 0.2) is 35.5 Å². The second-order valence-electron chi connectivity index (χ2n) is 7.68. The van der Waals surface area contributed by atoms with Crippen molar-refractivity contribution in [3.8, 4) is 5.69 Å². The molecule has 0 bridgehead atoms. The van der Waals surface area contributed by atoms with Crippen molar-refractivity contribution in [2.45, 2.75) is 31.3 Å². The number of para-hydroxylation sites is 1. The van der Waals surface area contributed by atoms with Crippen molar-refractivity contribution in [2.24, 2.45) is 0 Å². The van der Waals surface area contributed by atoms with Crippen LogP contribution in [0.25, 0.3) is 5.69 Å². The summed E-state index contributed by atoms with van der Waals surface area (Å²) in [6, 6.07) is 10.1. The van der Waals surface area contributed by atoms with Crippen molar-refractivity contribution >= 4 is 29.5 Å². The van der Waals surface area contributed by atoms with Gasteiger partial charge in [0.2, 0.25) is 17.8 Å². The Bertz CT molecular complexity index is 873. The van der Waals surface area contributed by atoms with Gasteiger partial charge >= 0.3 is 0 Å².